The Morgan fingerprint density at radius 3 is 2.72 bits per heavy atom. The molecule has 18 heavy (non-hydrogen) atoms. The molecule has 1 aromatic carbocycles. The van der Waals surface area contributed by atoms with Crippen LogP contribution in [0.1, 0.15) is 16.1 Å². The second kappa shape index (κ2) is 4.75. The van der Waals surface area contributed by atoms with Gasteiger partial charge in [0.05, 0.1) is 5.69 Å². The van der Waals surface area contributed by atoms with Crippen LogP contribution in [0.15, 0.2) is 36.4 Å². The van der Waals surface area contributed by atoms with E-state index >= 15 is 0 Å². The van der Waals surface area contributed by atoms with Crippen LogP contribution in [0, 0.1) is 6.92 Å². The number of aryl methyl sites for hydroxylation is 1. The molecule has 5 N–H and O–H groups in total. The summed E-state index contributed by atoms with van der Waals surface area (Å²) in [6.07, 6.45) is 0. The molecule has 0 saturated heterocycles. The van der Waals surface area contributed by atoms with Crippen LogP contribution in [-0.2, 0) is 0 Å². The number of nitrogens with two attached hydrogens (primary N) is 2. The Morgan fingerprint density at radius 2 is 2.06 bits per heavy atom. The van der Waals surface area contributed by atoms with Crippen molar-refractivity contribution in [2.45, 2.75) is 6.92 Å². The van der Waals surface area contributed by atoms with Crippen LogP contribution in [0.5, 0.6) is 0 Å². The first-order valence-corrected chi connectivity index (χ1v) is 5.46. The van der Waals surface area contributed by atoms with Crippen molar-refractivity contribution in [2.24, 2.45) is 5.73 Å². The van der Waals surface area contributed by atoms with E-state index in [0.717, 1.165) is 11.3 Å². The van der Waals surface area contributed by atoms with E-state index in [4.69, 9.17) is 11.5 Å². The Bertz CT molecular complexity index is 595. The van der Waals surface area contributed by atoms with Gasteiger partial charge < -0.3 is 16.8 Å². The molecule has 0 aliphatic rings. The number of benzene rings is 1. The van der Waals surface area contributed by atoms with E-state index in [2.05, 4.69) is 10.3 Å². The van der Waals surface area contributed by atoms with E-state index in [1.165, 1.54) is 6.07 Å². The summed E-state index contributed by atoms with van der Waals surface area (Å²) in [5.41, 5.74) is 13.6. The zero-order valence-electron chi connectivity index (χ0n) is 9.97. The van der Waals surface area contributed by atoms with Crippen LogP contribution >= 0.6 is 0 Å². The molecule has 1 heterocycles. The van der Waals surface area contributed by atoms with Crippen molar-refractivity contribution in [2.75, 3.05) is 11.1 Å². The van der Waals surface area contributed by atoms with Gasteiger partial charge in [-0.2, -0.15) is 0 Å². The van der Waals surface area contributed by atoms with Crippen LogP contribution in [-0.4, -0.2) is 10.9 Å². The molecule has 0 fully saturated rings. The van der Waals surface area contributed by atoms with Gasteiger partial charge in [0.25, 0.3) is 5.91 Å². The Hall–Kier alpha value is -2.56. The van der Waals surface area contributed by atoms with Gasteiger partial charge in [0.2, 0.25) is 0 Å². The lowest BCUT2D eigenvalue weighted by Crippen LogP contribution is -2.14. The Morgan fingerprint density at radius 1 is 1.28 bits per heavy atom. The fraction of sp³-hybridized carbons (Fsp3) is 0.0769. The number of hydrogen-bond donors (Lipinski definition) is 3. The second-order valence-electron chi connectivity index (χ2n) is 3.99. The summed E-state index contributed by atoms with van der Waals surface area (Å²) in [5.74, 6) is -0.154. The first-order valence-electron chi connectivity index (χ1n) is 5.46. The fourth-order valence-corrected chi connectivity index (χ4v) is 1.57. The van der Waals surface area contributed by atoms with Gasteiger partial charge in [-0.15, -0.1) is 0 Å². The molecular weight excluding hydrogens is 228 g/mol. The van der Waals surface area contributed by atoms with Crippen LogP contribution in [0.25, 0.3) is 0 Å². The minimum absolute atomic E-state index is 0.180. The topological polar surface area (TPSA) is 94.0 Å². The zero-order valence-corrected chi connectivity index (χ0v) is 9.97. The van der Waals surface area contributed by atoms with Crippen molar-refractivity contribution in [3.8, 4) is 0 Å². The number of rotatable bonds is 3. The lowest BCUT2D eigenvalue weighted by atomic mass is 10.2. The number of nitrogens with zero attached hydrogens (tertiary/aromatic N) is 1. The molecule has 0 spiro atoms. The summed E-state index contributed by atoms with van der Waals surface area (Å²) in [5, 5.41) is 3.06. The number of carbonyl (C=O) groups is 1. The monoisotopic (exact) mass is 242 g/mol. The first kappa shape index (κ1) is 11.9. The van der Waals surface area contributed by atoms with Gasteiger partial charge in [0.15, 0.2) is 5.82 Å². The molecule has 0 unspecified atom stereocenters. The summed E-state index contributed by atoms with van der Waals surface area (Å²) >= 11 is 0. The van der Waals surface area contributed by atoms with Crippen molar-refractivity contribution in [3.05, 3.63) is 47.7 Å². The highest BCUT2D eigenvalue weighted by atomic mass is 16.1. The Kier molecular flexibility index (Phi) is 3.14. The fourth-order valence-electron chi connectivity index (χ4n) is 1.57. The number of anilines is 3. The largest absolute Gasteiger partial charge is 0.396 e. The lowest BCUT2D eigenvalue weighted by molar-refractivity contribution is 0.0996. The van der Waals surface area contributed by atoms with Crippen molar-refractivity contribution in [1.29, 1.82) is 0 Å². The van der Waals surface area contributed by atoms with E-state index in [-0.39, 0.29) is 5.69 Å². The quantitative estimate of drug-likeness (QED) is 0.765. The highest BCUT2D eigenvalue weighted by Gasteiger charge is 2.07. The van der Waals surface area contributed by atoms with Crippen molar-refractivity contribution in [1.82, 2.24) is 4.98 Å². The molecule has 2 aromatic rings. The summed E-state index contributed by atoms with van der Waals surface area (Å²) in [6, 6.07) is 10.9. The van der Waals surface area contributed by atoms with Crippen LogP contribution < -0.4 is 16.8 Å². The van der Waals surface area contributed by atoms with E-state index in [1.807, 2.05) is 31.2 Å². The SMILES string of the molecule is Cc1cccc(Nc2nc(C(N)=O)ccc2N)c1. The molecular formula is C13H14N4O. The molecule has 92 valence electrons. The van der Waals surface area contributed by atoms with E-state index < -0.39 is 5.91 Å². The first-order chi connectivity index (χ1) is 8.56. The smallest absolute Gasteiger partial charge is 0.267 e. The molecule has 5 nitrogen and oxygen atoms in total. The number of hydrogen-bond acceptors (Lipinski definition) is 4. The van der Waals surface area contributed by atoms with Gasteiger partial charge in [-0.3, -0.25) is 4.79 Å². The molecule has 0 saturated carbocycles. The van der Waals surface area contributed by atoms with Gasteiger partial charge in [-0.1, -0.05) is 12.1 Å². The molecule has 0 atom stereocenters. The third kappa shape index (κ3) is 2.57. The van der Waals surface area contributed by atoms with Gasteiger partial charge >= 0.3 is 0 Å². The maximum atomic E-state index is 11.1. The normalized spacial score (nSPS) is 10.1. The Balaban J connectivity index is 2.33. The van der Waals surface area contributed by atoms with Crippen LogP contribution in [0.4, 0.5) is 17.2 Å². The standard InChI is InChI=1S/C13H14N4O/c1-8-3-2-4-9(7-8)16-13-10(14)5-6-11(17-13)12(15)18/h2-7H,14H2,1H3,(H2,15,18)(H,16,17). The highest BCUT2D eigenvalue weighted by molar-refractivity contribution is 5.92. The molecule has 0 aliphatic heterocycles. The van der Waals surface area contributed by atoms with E-state index in [9.17, 15) is 4.79 Å². The molecule has 0 aliphatic carbocycles. The third-order valence-electron chi connectivity index (χ3n) is 2.46. The summed E-state index contributed by atoms with van der Waals surface area (Å²) in [6.45, 7) is 1.99. The van der Waals surface area contributed by atoms with Gasteiger partial charge in [0, 0.05) is 5.69 Å². The predicted octanol–water partition coefficient (Wildman–Crippen LogP) is 1.81. The number of amides is 1. The van der Waals surface area contributed by atoms with E-state index in [0.29, 0.717) is 11.5 Å². The van der Waals surface area contributed by atoms with Crippen molar-refractivity contribution < 1.29 is 4.79 Å². The predicted molar refractivity (Wildman–Crippen MR) is 71.6 cm³/mol. The minimum Gasteiger partial charge on any atom is -0.396 e. The number of carbonyl (C=O) groups excluding carboxylic acids is 1. The van der Waals surface area contributed by atoms with Crippen molar-refractivity contribution >= 4 is 23.1 Å². The second-order valence-corrected chi connectivity index (χ2v) is 3.99. The average Bonchev–Trinajstić information content (AvgIpc) is 2.31. The molecule has 1 aromatic heterocycles. The third-order valence-corrected chi connectivity index (χ3v) is 2.46. The number of primary amides is 1. The summed E-state index contributed by atoms with van der Waals surface area (Å²) in [4.78, 5) is 15.1. The van der Waals surface area contributed by atoms with Crippen LogP contribution in [0.3, 0.4) is 0 Å². The van der Waals surface area contributed by atoms with Gasteiger partial charge in [-0.25, -0.2) is 4.98 Å². The lowest BCUT2D eigenvalue weighted by Gasteiger charge is -2.09. The molecule has 5 heteroatoms. The molecule has 0 radical (unpaired) electrons. The van der Waals surface area contributed by atoms with Gasteiger partial charge in [0.1, 0.15) is 5.69 Å². The Labute approximate surface area is 105 Å². The van der Waals surface area contributed by atoms with E-state index in [1.54, 1.807) is 6.07 Å². The van der Waals surface area contributed by atoms with Crippen LogP contribution in [0.2, 0.25) is 0 Å². The number of nitrogens with one attached hydrogen (secondary N) is 1. The van der Waals surface area contributed by atoms with Crippen molar-refractivity contribution in [3.63, 3.8) is 0 Å². The zero-order chi connectivity index (χ0) is 13.1. The molecule has 1 amide bonds. The summed E-state index contributed by atoms with van der Waals surface area (Å²) in [7, 11) is 0. The average molecular weight is 242 g/mol. The number of pyridine rings is 1. The van der Waals surface area contributed by atoms with Gasteiger partial charge in [-0.05, 0) is 36.8 Å². The maximum absolute atomic E-state index is 11.1. The number of nitrogen functional groups attached to an aromatic ring is 1. The summed E-state index contributed by atoms with van der Waals surface area (Å²) < 4.78 is 0. The minimum atomic E-state index is -0.581. The maximum Gasteiger partial charge on any atom is 0.267 e. The molecule has 2 rings (SSSR count). The highest BCUT2D eigenvalue weighted by Crippen LogP contribution is 2.21. The number of aromatic nitrogens is 1. The molecule has 0 bridgehead atoms.